The smallest absolute Gasteiger partial charge is 0.255 e. The molecular weight excluding hydrogens is 508 g/mol. The number of nitrogens with one attached hydrogen (secondary N) is 2. The summed E-state index contributed by atoms with van der Waals surface area (Å²) in [6.07, 6.45) is 0. The molecule has 1 unspecified atom stereocenters. The van der Waals surface area contributed by atoms with Crippen LogP contribution in [0.2, 0.25) is 5.02 Å². The first kappa shape index (κ1) is 25.9. The first-order valence-corrected chi connectivity index (χ1v) is 12.7. The molecule has 0 saturated heterocycles. The lowest BCUT2D eigenvalue weighted by Crippen LogP contribution is -2.45. The van der Waals surface area contributed by atoms with Gasteiger partial charge in [0, 0.05) is 33.8 Å². The van der Waals surface area contributed by atoms with Crippen LogP contribution < -0.4 is 21.3 Å². The average molecular weight is 533 g/mol. The van der Waals surface area contributed by atoms with Crippen molar-refractivity contribution < 1.29 is 14.4 Å². The molecule has 0 aliphatic carbocycles. The van der Waals surface area contributed by atoms with Crippen LogP contribution in [0.1, 0.15) is 24.2 Å². The fraction of sp³-hybridized carbons (Fsp3) is 0.107. The zero-order valence-corrected chi connectivity index (χ0v) is 21.8. The molecule has 0 saturated carbocycles. The monoisotopic (exact) mass is 532 g/mol. The van der Waals surface area contributed by atoms with Gasteiger partial charge in [0.2, 0.25) is 11.8 Å². The van der Waals surface area contributed by atoms with Crippen LogP contribution in [0.3, 0.4) is 0 Å². The van der Waals surface area contributed by atoms with E-state index in [1.807, 2.05) is 29.6 Å². The number of benzene rings is 3. The topological polar surface area (TPSA) is 105 Å². The fourth-order valence-corrected chi connectivity index (χ4v) is 4.65. The maximum Gasteiger partial charge on any atom is 0.255 e. The fourth-order valence-electron chi connectivity index (χ4n) is 3.80. The molecule has 1 atom stereocenters. The van der Waals surface area contributed by atoms with Crippen molar-refractivity contribution in [2.75, 3.05) is 21.3 Å². The molecule has 4 rings (SSSR count). The van der Waals surface area contributed by atoms with E-state index in [4.69, 9.17) is 17.3 Å². The van der Waals surface area contributed by atoms with Gasteiger partial charge in [-0.05, 0) is 84.6 Å². The summed E-state index contributed by atoms with van der Waals surface area (Å²) >= 11 is 7.50. The second-order valence-corrected chi connectivity index (χ2v) is 9.73. The Morgan fingerprint density at radius 3 is 2.27 bits per heavy atom. The highest BCUT2D eigenvalue weighted by Gasteiger charge is 2.25. The Bertz CT molecular complexity index is 1420. The Morgan fingerprint density at radius 2 is 1.65 bits per heavy atom. The second-order valence-electron chi connectivity index (χ2n) is 8.34. The summed E-state index contributed by atoms with van der Waals surface area (Å²) in [6, 6.07) is 21.8. The number of carbonyl (C=O) groups excluding carboxylic acids is 3. The van der Waals surface area contributed by atoms with E-state index in [-0.39, 0.29) is 17.7 Å². The third-order valence-electron chi connectivity index (χ3n) is 5.73. The maximum atomic E-state index is 12.9. The number of nitrogens with zero attached hydrogens (tertiary/aromatic N) is 1. The predicted molar refractivity (Wildman–Crippen MR) is 151 cm³/mol. The number of halogens is 1. The largest absolute Gasteiger partial charge is 0.397 e. The van der Waals surface area contributed by atoms with Gasteiger partial charge in [-0.2, -0.15) is 0 Å². The number of carbonyl (C=O) groups is 3. The minimum absolute atomic E-state index is 0.311. The number of amides is 3. The van der Waals surface area contributed by atoms with Crippen LogP contribution in [0.25, 0.3) is 10.4 Å². The molecule has 3 aromatic carbocycles. The van der Waals surface area contributed by atoms with E-state index in [9.17, 15) is 14.4 Å². The summed E-state index contributed by atoms with van der Waals surface area (Å²) in [6.45, 7) is 3.02. The van der Waals surface area contributed by atoms with Crippen LogP contribution in [0.4, 0.5) is 22.7 Å². The zero-order chi connectivity index (χ0) is 26.5. The normalized spacial score (nSPS) is 11.4. The Hall–Kier alpha value is -4.14. The van der Waals surface area contributed by atoms with Crippen molar-refractivity contribution in [2.45, 2.75) is 19.9 Å². The number of hydrogen-bond donors (Lipinski definition) is 3. The highest BCUT2D eigenvalue weighted by atomic mass is 35.5. The molecule has 0 bridgehead atoms. The highest BCUT2D eigenvalue weighted by molar-refractivity contribution is 7.13. The van der Waals surface area contributed by atoms with Crippen molar-refractivity contribution in [3.63, 3.8) is 0 Å². The molecule has 188 valence electrons. The van der Waals surface area contributed by atoms with Crippen LogP contribution in [0.15, 0.2) is 84.2 Å². The van der Waals surface area contributed by atoms with E-state index in [0.29, 0.717) is 33.3 Å². The number of anilines is 4. The van der Waals surface area contributed by atoms with Crippen LogP contribution >= 0.6 is 22.9 Å². The Balaban J connectivity index is 1.48. The molecule has 4 aromatic rings. The number of hydrogen-bond acceptors (Lipinski definition) is 5. The molecule has 4 N–H and O–H groups in total. The highest BCUT2D eigenvalue weighted by Crippen LogP contribution is 2.30. The van der Waals surface area contributed by atoms with E-state index in [0.717, 1.165) is 10.4 Å². The van der Waals surface area contributed by atoms with E-state index >= 15 is 0 Å². The number of nitrogens with two attached hydrogens (primary N) is 1. The van der Waals surface area contributed by atoms with Gasteiger partial charge in [0.25, 0.3) is 5.91 Å². The Labute approximate surface area is 223 Å². The molecule has 0 fully saturated rings. The van der Waals surface area contributed by atoms with Crippen molar-refractivity contribution >= 4 is 63.4 Å². The van der Waals surface area contributed by atoms with Gasteiger partial charge < -0.3 is 21.3 Å². The Kier molecular flexibility index (Phi) is 7.91. The average Bonchev–Trinajstić information content (AvgIpc) is 3.42. The van der Waals surface area contributed by atoms with Crippen molar-refractivity contribution in [1.29, 1.82) is 0 Å². The minimum Gasteiger partial charge on any atom is -0.397 e. The van der Waals surface area contributed by atoms with Crippen molar-refractivity contribution in [2.24, 2.45) is 0 Å². The number of nitrogen functional groups attached to an aromatic ring is 1. The molecule has 37 heavy (non-hydrogen) atoms. The summed E-state index contributed by atoms with van der Waals surface area (Å²) in [5.74, 6) is -1.01. The van der Waals surface area contributed by atoms with Gasteiger partial charge in [0.05, 0.1) is 11.4 Å². The van der Waals surface area contributed by atoms with Gasteiger partial charge >= 0.3 is 0 Å². The van der Waals surface area contributed by atoms with Gasteiger partial charge in [-0.3, -0.25) is 14.4 Å². The van der Waals surface area contributed by atoms with Gasteiger partial charge in [-0.25, -0.2) is 0 Å². The summed E-state index contributed by atoms with van der Waals surface area (Å²) in [4.78, 5) is 40.6. The molecule has 9 heteroatoms. The summed E-state index contributed by atoms with van der Waals surface area (Å²) < 4.78 is 0. The quantitative estimate of drug-likeness (QED) is 0.243. The van der Waals surface area contributed by atoms with Crippen molar-refractivity contribution in [1.82, 2.24) is 0 Å². The van der Waals surface area contributed by atoms with Gasteiger partial charge in [0.15, 0.2) is 0 Å². The molecule has 1 aromatic heterocycles. The second kappa shape index (κ2) is 11.3. The lowest BCUT2D eigenvalue weighted by molar-refractivity contribution is -0.122. The molecule has 0 spiro atoms. The lowest BCUT2D eigenvalue weighted by Gasteiger charge is -2.27. The van der Waals surface area contributed by atoms with Crippen LogP contribution in [0.5, 0.6) is 0 Å². The summed E-state index contributed by atoms with van der Waals surface area (Å²) in [5.41, 5.74) is 9.45. The molecule has 3 amide bonds. The van der Waals surface area contributed by atoms with Gasteiger partial charge in [-0.15, -0.1) is 11.3 Å². The van der Waals surface area contributed by atoms with Crippen molar-refractivity contribution in [3.05, 3.63) is 94.8 Å². The van der Waals surface area contributed by atoms with Gasteiger partial charge in [-0.1, -0.05) is 23.7 Å². The molecule has 7 nitrogen and oxygen atoms in total. The van der Waals surface area contributed by atoms with Crippen LogP contribution in [0, 0.1) is 0 Å². The third kappa shape index (κ3) is 6.17. The molecule has 1 heterocycles. The lowest BCUT2D eigenvalue weighted by atomic mass is 10.1. The number of rotatable bonds is 7. The summed E-state index contributed by atoms with van der Waals surface area (Å²) in [5, 5.41) is 8.18. The maximum absolute atomic E-state index is 12.9. The molecule has 0 radical (unpaired) electrons. The third-order valence-corrected chi connectivity index (χ3v) is 6.90. The van der Waals surface area contributed by atoms with Crippen molar-refractivity contribution in [3.8, 4) is 10.4 Å². The first-order chi connectivity index (χ1) is 17.7. The molecular formula is C28H25ClN4O3S. The van der Waals surface area contributed by atoms with Gasteiger partial charge in [0.1, 0.15) is 6.04 Å². The van der Waals surface area contributed by atoms with Crippen LogP contribution in [-0.4, -0.2) is 23.8 Å². The van der Waals surface area contributed by atoms with Crippen LogP contribution in [-0.2, 0) is 9.59 Å². The standard InChI is InChI=1S/C28H25ClN4O3S/c1-17(27(35)31-22-10-8-21(29)9-11-22)33(18(2)34)23-12-5-19(6-13-23)28(36)32-25-16-20(7-14-24(25)30)26-4-3-15-37-26/h3-17H,30H2,1-2H3,(H,31,35)(H,32,36). The van der Waals surface area contributed by atoms with E-state index in [2.05, 4.69) is 10.6 Å². The van der Waals surface area contributed by atoms with E-state index in [1.54, 1.807) is 72.9 Å². The molecule has 0 aliphatic rings. The Morgan fingerprint density at radius 1 is 0.946 bits per heavy atom. The SMILES string of the molecule is CC(=O)N(c1ccc(C(=O)Nc2cc(-c3cccs3)ccc2N)cc1)C(C)C(=O)Nc1ccc(Cl)cc1. The number of thiophene rings is 1. The molecule has 0 aliphatic heterocycles. The first-order valence-electron chi connectivity index (χ1n) is 11.4. The summed E-state index contributed by atoms with van der Waals surface area (Å²) in [7, 11) is 0. The van der Waals surface area contributed by atoms with E-state index in [1.165, 1.54) is 11.8 Å². The minimum atomic E-state index is -0.798. The predicted octanol–water partition coefficient (Wildman–Crippen LogP) is 6.28. The zero-order valence-electron chi connectivity index (χ0n) is 20.2. The van der Waals surface area contributed by atoms with E-state index < -0.39 is 6.04 Å².